The molecule has 0 N–H and O–H groups in total. The summed E-state index contributed by atoms with van der Waals surface area (Å²) in [6, 6.07) is 11.0. The fourth-order valence-corrected chi connectivity index (χ4v) is 2.46. The lowest BCUT2D eigenvalue weighted by molar-refractivity contribution is 0.0520. The molecule has 0 saturated heterocycles. The number of imidazole rings is 1. The van der Waals surface area contributed by atoms with Gasteiger partial charge in [-0.05, 0) is 37.3 Å². The lowest BCUT2D eigenvalue weighted by atomic mass is 10.2. The van der Waals surface area contributed by atoms with Crippen LogP contribution in [0.15, 0.2) is 48.8 Å². The van der Waals surface area contributed by atoms with Crippen molar-refractivity contribution >= 4 is 5.97 Å². The highest BCUT2D eigenvalue weighted by Crippen LogP contribution is 2.25. The third kappa shape index (κ3) is 3.51. The number of pyridine rings is 1. The molecule has 26 heavy (non-hydrogen) atoms. The Morgan fingerprint density at radius 3 is 2.42 bits per heavy atom. The van der Waals surface area contributed by atoms with Crippen LogP contribution in [0.4, 0.5) is 0 Å². The number of aromatic nitrogens is 3. The fraction of sp³-hybridized carbons (Fsp3) is 0.211. The van der Waals surface area contributed by atoms with Crippen molar-refractivity contribution in [3.05, 3.63) is 54.5 Å². The Bertz CT molecular complexity index is 821. The Morgan fingerprint density at radius 2 is 1.85 bits per heavy atom. The summed E-state index contributed by atoms with van der Waals surface area (Å²) in [4.78, 5) is 20.8. The molecule has 0 atom stereocenters. The average Bonchev–Trinajstić information content (AvgIpc) is 3.14. The van der Waals surface area contributed by atoms with Crippen LogP contribution in [-0.2, 0) is 4.74 Å². The van der Waals surface area contributed by atoms with Crippen LogP contribution in [0, 0.1) is 0 Å². The monoisotopic (exact) mass is 353 g/mol. The molecule has 7 heteroatoms. The van der Waals surface area contributed by atoms with Gasteiger partial charge in [0.25, 0.3) is 0 Å². The van der Waals surface area contributed by atoms with E-state index >= 15 is 0 Å². The lowest BCUT2D eigenvalue weighted by Gasteiger charge is -2.09. The predicted molar refractivity (Wildman–Crippen MR) is 95.9 cm³/mol. The maximum atomic E-state index is 12.1. The number of carbonyl (C=O) groups excluding carboxylic acids is 1. The van der Waals surface area contributed by atoms with Gasteiger partial charge >= 0.3 is 5.97 Å². The van der Waals surface area contributed by atoms with Crippen molar-refractivity contribution in [2.24, 2.45) is 0 Å². The van der Waals surface area contributed by atoms with Gasteiger partial charge in [-0.3, -0.25) is 4.57 Å². The van der Waals surface area contributed by atoms with E-state index in [-0.39, 0.29) is 12.3 Å². The first kappa shape index (κ1) is 17.5. The number of benzene rings is 1. The summed E-state index contributed by atoms with van der Waals surface area (Å²) in [5, 5.41) is 0. The zero-order valence-corrected chi connectivity index (χ0v) is 14.8. The number of rotatable bonds is 6. The van der Waals surface area contributed by atoms with Gasteiger partial charge in [0.15, 0.2) is 5.69 Å². The Balaban J connectivity index is 2.08. The Hall–Kier alpha value is -3.35. The molecule has 134 valence electrons. The molecule has 0 spiro atoms. The van der Waals surface area contributed by atoms with Crippen molar-refractivity contribution in [1.29, 1.82) is 0 Å². The molecule has 0 amide bonds. The zero-order chi connectivity index (χ0) is 18.5. The number of ether oxygens (including phenoxy) is 3. The van der Waals surface area contributed by atoms with Gasteiger partial charge < -0.3 is 14.2 Å². The number of hydrogen-bond acceptors (Lipinski definition) is 6. The second-order valence-corrected chi connectivity index (χ2v) is 5.33. The Labute approximate surface area is 151 Å². The molecule has 3 aromatic rings. The Kier molecular flexibility index (Phi) is 5.17. The minimum atomic E-state index is -0.470. The first-order valence-electron chi connectivity index (χ1n) is 8.07. The fourth-order valence-electron chi connectivity index (χ4n) is 2.46. The summed E-state index contributed by atoms with van der Waals surface area (Å²) in [5.74, 6) is 1.35. The molecule has 0 bridgehead atoms. The van der Waals surface area contributed by atoms with Gasteiger partial charge in [-0.2, -0.15) is 0 Å². The standard InChI is InChI=1S/C19H19N3O4/c1-4-26-19(23)16-12-22(14-6-8-15(24-2)9-7-14)18(21-16)13-5-10-17(25-3)20-11-13/h5-12H,4H2,1-3H3. The molecule has 2 heterocycles. The van der Waals surface area contributed by atoms with Crippen molar-refractivity contribution in [3.8, 4) is 28.7 Å². The zero-order valence-electron chi connectivity index (χ0n) is 14.8. The molecule has 0 aliphatic heterocycles. The highest BCUT2D eigenvalue weighted by molar-refractivity contribution is 5.88. The number of esters is 1. The van der Waals surface area contributed by atoms with Crippen molar-refractivity contribution in [2.75, 3.05) is 20.8 Å². The number of nitrogens with zero attached hydrogens (tertiary/aromatic N) is 3. The average molecular weight is 353 g/mol. The first-order chi connectivity index (χ1) is 12.7. The third-order valence-electron chi connectivity index (χ3n) is 3.74. The second-order valence-electron chi connectivity index (χ2n) is 5.33. The summed E-state index contributed by atoms with van der Waals surface area (Å²) in [6.45, 7) is 2.04. The van der Waals surface area contributed by atoms with E-state index < -0.39 is 5.97 Å². The number of methoxy groups -OCH3 is 2. The van der Waals surface area contributed by atoms with Crippen molar-refractivity contribution in [1.82, 2.24) is 14.5 Å². The molecule has 0 aliphatic carbocycles. The van der Waals surface area contributed by atoms with Crippen LogP contribution in [0.25, 0.3) is 17.1 Å². The van der Waals surface area contributed by atoms with E-state index in [1.54, 1.807) is 39.6 Å². The van der Waals surface area contributed by atoms with Crippen molar-refractivity contribution < 1.29 is 19.0 Å². The van der Waals surface area contributed by atoms with Gasteiger partial charge in [-0.1, -0.05) is 0 Å². The van der Waals surface area contributed by atoms with Crippen LogP contribution in [0.1, 0.15) is 17.4 Å². The quantitative estimate of drug-likeness (QED) is 0.634. The van der Waals surface area contributed by atoms with Gasteiger partial charge in [-0.15, -0.1) is 0 Å². The molecule has 0 radical (unpaired) electrons. The van der Waals surface area contributed by atoms with Gasteiger partial charge in [0.1, 0.15) is 11.6 Å². The highest BCUT2D eigenvalue weighted by atomic mass is 16.5. The predicted octanol–water partition coefficient (Wildman–Crippen LogP) is 3.13. The minimum Gasteiger partial charge on any atom is -0.497 e. The minimum absolute atomic E-state index is 0.230. The lowest BCUT2D eigenvalue weighted by Crippen LogP contribution is -2.04. The molecule has 3 rings (SSSR count). The van der Waals surface area contributed by atoms with Gasteiger partial charge in [-0.25, -0.2) is 14.8 Å². The number of carbonyl (C=O) groups is 1. The van der Waals surface area contributed by atoms with Crippen LogP contribution in [0.3, 0.4) is 0 Å². The maximum Gasteiger partial charge on any atom is 0.358 e. The van der Waals surface area contributed by atoms with E-state index in [9.17, 15) is 4.79 Å². The second kappa shape index (κ2) is 7.69. The molecular weight excluding hydrogens is 334 g/mol. The molecule has 0 fully saturated rings. The Morgan fingerprint density at radius 1 is 1.08 bits per heavy atom. The molecular formula is C19H19N3O4. The van der Waals surface area contributed by atoms with Crippen LogP contribution in [0.5, 0.6) is 11.6 Å². The van der Waals surface area contributed by atoms with Crippen molar-refractivity contribution in [3.63, 3.8) is 0 Å². The normalized spacial score (nSPS) is 10.4. The smallest absolute Gasteiger partial charge is 0.358 e. The van der Waals surface area contributed by atoms with E-state index in [0.29, 0.717) is 11.7 Å². The van der Waals surface area contributed by atoms with Gasteiger partial charge in [0, 0.05) is 29.7 Å². The highest BCUT2D eigenvalue weighted by Gasteiger charge is 2.18. The maximum absolute atomic E-state index is 12.1. The third-order valence-corrected chi connectivity index (χ3v) is 3.74. The van der Waals surface area contributed by atoms with Crippen LogP contribution in [0.2, 0.25) is 0 Å². The molecule has 0 saturated carbocycles. The summed E-state index contributed by atoms with van der Waals surface area (Å²) in [6.07, 6.45) is 3.30. The summed E-state index contributed by atoms with van der Waals surface area (Å²) in [5.41, 5.74) is 1.81. The summed E-state index contributed by atoms with van der Waals surface area (Å²) in [7, 11) is 3.17. The van der Waals surface area contributed by atoms with E-state index in [1.807, 2.05) is 34.9 Å². The van der Waals surface area contributed by atoms with Gasteiger partial charge in [0.2, 0.25) is 5.88 Å². The first-order valence-corrected chi connectivity index (χ1v) is 8.07. The van der Waals surface area contributed by atoms with Crippen LogP contribution < -0.4 is 9.47 Å². The van der Waals surface area contributed by atoms with Crippen LogP contribution in [-0.4, -0.2) is 41.3 Å². The van der Waals surface area contributed by atoms with E-state index in [4.69, 9.17) is 14.2 Å². The van der Waals surface area contributed by atoms with E-state index in [0.717, 1.165) is 17.0 Å². The van der Waals surface area contributed by atoms with E-state index in [2.05, 4.69) is 9.97 Å². The molecule has 0 aliphatic rings. The molecule has 2 aromatic heterocycles. The topological polar surface area (TPSA) is 75.5 Å². The number of hydrogen-bond donors (Lipinski definition) is 0. The van der Waals surface area contributed by atoms with Crippen molar-refractivity contribution in [2.45, 2.75) is 6.92 Å². The van der Waals surface area contributed by atoms with Gasteiger partial charge in [0.05, 0.1) is 20.8 Å². The molecule has 7 nitrogen and oxygen atoms in total. The largest absolute Gasteiger partial charge is 0.497 e. The van der Waals surface area contributed by atoms with E-state index in [1.165, 1.54) is 0 Å². The summed E-state index contributed by atoms with van der Waals surface area (Å²) < 4.78 is 17.2. The van der Waals surface area contributed by atoms with Crippen LogP contribution >= 0.6 is 0 Å². The molecule has 1 aromatic carbocycles. The molecule has 0 unspecified atom stereocenters. The SMILES string of the molecule is CCOC(=O)c1cn(-c2ccc(OC)cc2)c(-c2ccc(OC)nc2)n1. The summed E-state index contributed by atoms with van der Waals surface area (Å²) >= 11 is 0.